The Kier molecular flexibility index (Phi) is 5.41. The summed E-state index contributed by atoms with van der Waals surface area (Å²) in [7, 11) is 1.63. The standard InChI is InChI=1S/C18H16F3N3O4/c1-24(9-16(25)22-12-4-2-3-11(19)7-12)10-17(26)23-13-5-6-14-15(8-13)28-18(20,21)27-14/h2-8H,9-10H2,1H3,(H,22,25)(H,23,26)/p+1. The average Bonchev–Trinajstić information content (AvgIpc) is 2.87. The maximum Gasteiger partial charge on any atom is 0.586 e. The third-order valence-electron chi connectivity index (χ3n) is 3.72. The number of ether oxygens (including phenoxy) is 2. The minimum absolute atomic E-state index is 0.0305. The molecule has 0 spiro atoms. The number of hydrogen-bond acceptors (Lipinski definition) is 4. The monoisotopic (exact) mass is 396 g/mol. The molecule has 0 aromatic heterocycles. The Morgan fingerprint density at radius 2 is 1.57 bits per heavy atom. The van der Waals surface area contributed by atoms with Gasteiger partial charge in [-0.15, -0.1) is 8.78 Å². The van der Waals surface area contributed by atoms with Gasteiger partial charge in [-0.25, -0.2) is 4.39 Å². The molecule has 2 aromatic rings. The summed E-state index contributed by atoms with van der Waals surface area (Å²) in [6.07, 6.45) is -3.73. The van der Waals surface area contributed by atoms with E-state index in [1.165, 1.54) is 36.4 Å². The lowest BCUT2D eigenvalue weighted by molar-refractivity contribution is -0.862. The van der Waals surface area contributed by atoms with Crippen LogP contribution in [-0.4, -0.2) is 38.2 Å². The Labute approximate surface area is 158 Å². The highest BCUT2D eigenvalue weighted by Gasteiger charge is 2.43. The average molecular weight is 396 g/mol. The fourth-order valence-electron chi connectivity index (χ4n) is 2.61. The topological polar surface area (TPSA) is 81.1 Å². The summed E-state index contributed by atoms with van der Waals surface area (Å²) < 4.78 is 47.7. The van der Waals surface area contributed by atoms with E-state index in [1.807, 2.05) is 0 Å². The minimum atomic E-state index is -3.73. The predicted octanol–water partition coefficient (Wildman–Crippen LogP) is 1.24. The van der Waals surface area contributed by atoms with Crippen LogP contribution in [0.4, 0.5) is 24.5 Å². The van der Waals surface area contributed by atoms with Crippen LogP contribution < -0.4 is 25.0 Å². The van der Waals surface area contributed by atoms with Crippen LogP contribution in [0.25, 0.3) is 0 Å². The van der Waals surface area contributed by atoms with Crippen LogP contribution in [-0.2, 0) is 9.59 Å². The van der Waals surface area contributed by atoms with Gasteiger partial charge in [0.2, 0.25) is 0 Å². The number of hydrogen-bond donors (Lipinski definition) is 3. The molecule has 0 bridgehead atoms. The number of carbonyl (C=O) groups excluding carboxylic acids is 2. The normalized spacial score (nSPS) is 15.0. The first-order valence-electron chi connectivity index (χ1n) is 8.27. The third kappa shape index (κ3) is 5.13. The number of carbonyl (C=O) groups is 2. The zero-order chi connectivity index (χ0) is 20.3. The summed E-state index contributed by atoms with van der Waals surface area (Å²) in [6.45, 7) is -0.0849. The van der Waals surface area contributed by atoms with Crippen LogP contribution in [0.3, 0.4) is 0 Å². The highest BCUT2D eigenvalue weighted by molar-refractivity contribution is 5.93. The van der Waals surface area contributed by atoms with E-state index in [0.717, 1.165) is 0 Å². The van der Waals surface area contributed by atoms with Crippen LogP contribution >= 0.6 is 0 Å². The van der Waals surface area contributed by atoms with Gasteiger partial charge in [0.05, 0.1) is 7.05 Å². The lowest BCUT2D eigenvalue weighted by Crippen LogP contribution is -3.11. The molecule has 0 saturated carbocycles. The van der Waals surface area contributed by atoms with Crippen molar-refractivity contribution in [3.8, 4) is 11.5 Å². The maximum atomic E-state index is 13.1. The summed E-state index contributed by atoms with van der Waals surface area (Å²) in [5.74, 6) is -1.60. The number of benzene rings is 2. The molecule has 3 rings (SSSR count). The molecule has 0 radical (unpaired) electrons. The van der Waals surface area contributed by atoms with Gasteiger partial charge in [-0.2, -0.15) is 0 Å². The van der Waals surface area contributed by atoms with Crippen LogP contribution in [0.1, 0.15) is 0 Å². The number of alkyl halides is 2. The lowest BCUT2D eigenvalue weighted by atomic mass is 10.2. The van der Waals surface area contributed by atoms with E-state index in [4.69, 9.17) is 0 Å². The smallest absolute Gasteiger partial charge is 0.395 e. The number of fused-ring (bicyclic) bond motifs is 1. The molecule has 2 amide bonds. The summed E-state index contributed by atoms with van der Waals surface area (Å²) in [6, 6.07) is 9.34. The second-order valence-electron chi connectivity index (χ2n) is 6.25. The fourth-order valence-corrected chi connectivity index (χ4v) is 2.61. The van der Waals surface area contributed by atoms with Crippen molar-refractivity contribution in [1.82, 2.24) is 0 Å². The number of halogens is 3. The Balaban J connectivity index is 1.49. The second-order valence-corrected chi connectivity index (χ2v) is 6.25. The highest BCUT2D eigenvalue weighted by Crippen LogP contribution is 2.42. The SMILES string of the molecule is C[NH+](CC(=O)Nc1cccc(F)c1)CC(=O)Nc1ccc2c(c1)OC(F)(F)O2. The first-order valence-corrected chi connectivity index (χ1v) is 8.27. The van der Waals surface area contributed by atoms with E-state index in [9.17, 15) is 22.8 Å². The molecule has 2 aromatic carbocycles. The molecule has 28 heavy (non-hydrogen) atoms. The van der Waals surface area contributed by atoms with Crippen LogP contribution in [0, 0.1) is 5.82 Å². The highest BCUT2D eigenvalue weighted by atomic mass is 19.3. The number of likely N-dealkylation sites (N-methyl/N-ethyl adjacent to an activating group) is 1. The van der Waals surface area contributed by atoms with Crippen LogP contribution in [0.5, 0.6) is 11.5 Å². The maximum absolute atomic E-state index is 13.1. The van der Waals surface area contributed by atoms with E-state index in [0.29, 0.717) is 10.6 Å². The lowest BCUT2D eigenvalue weighted by Gasteiger charge is -2.14. The van der Waals surface area contributed by atoms with Crippen molar-refractivity contribution in [1.29, 1.82) is 0 Å². The van der Waals surface area contributed by atoms with Crippen molar-refractivity contribution in [3.05, 3.63) is 48.3 Å². The molecule has 7 nitrogen and oxygen atoms in total. The summed E-state index contributed by atoms with van der Waals surface area (Å²) in [4.78, 5) is 24.6. The zero-order valence-corrected chi connectivity index (χ0v) is 14.7. The minimum Gasteiger partial charge on any atom is -0.395 e. The van der Waals surface area contributed by atoms with Gasteiger partial charge in [-0.05, 0) is 30.3 Å². The zero-order valence-electron chi connectivity index (χ0n) is 14.7. The van der Waals surface area contributed by atoms with Gasteiger partial charge in [0.25, 0.3) is 11.8 Å². The second kappa shape index (κ2) is 7.77. The Morgan fingerprint density at radius 1 is 0.964 bits per heavy atom. The molecule has 1 aliphatic rings. The van der Waals surface area contributed by atoms with Gasteiger partial charge in [0.1, 0.15) is 5.82 Å². The van der Waals surface area contributed by atoms with Crippen LogP contribution in [0.2, 0.25) is 0 Å². The summed E-state index contributed by atoms with van der Waals surface area (Å²) in [5, 5.41) is 5.08. The molecular formula is C18H17F3N3O4+. The Hall–Kier alpha value is -3.27. The number of anilines is 2. The van der Waals surface area contributed by atoms with E-state index in [-0.39, 0.29) is 36.2 Å². The predicted molar refractivity (Wildman–Crippen MR) is 92.9 cm³/mol. The van der Waals surface area contributed by atoms with Crippen LogP contribution in [0.15, 0.2) is 42.5 Å². The molecule has 1 aliphatic heterocycles. The summed E-state index contributed by atoms with van der Waals surface area (Å²) in [5.41, 5.74) is 0.571. The number of nitrogens with one attached hydrogen (secondary N) is 3. The Morgan fingerprint density at radius 3 is 2.21 bits per heavy atom. The van der Waals surface area contributed by atoms with Gasteiger partial charge in [-0.3, -0.25) is 9.59 Å². The first-order chi connectivity index (χ1) is 13.2. The van der Waals surface area contributed by atoms with Gasteiger partial charge in [0, 0.05) is 17.4 Å². The number of amides is 2. The van der Waals surface area contributed by atoms with Crippen molar-refractivity contribution in [2.24, 2.45) is 0 Å². The largest absolute Gasteiger partial charge is 0.586 e. The molecule has 0 aliphatic carbocycles. The van der Waals surface area contributed by atoms with Crippen molar-refractivity contribution in [2.75, 3.05) is 30.8 Å². The Bertz CT molecular complexity index is 907. The number of quaternary nitrogens is 1. The first kappa shape index (κ1) is 19.5. The molecule has 0 saturated heterocycles. The van der Waals surface area contributed by atoms with Crippen molar-refractivity contribution < 1.29 is 37.1 Å². The van der Waals surface area contributed by atoms with Gasteiger partial charge >= 0.3 is 6.29 Å². The molecule has 1 unspecified atom stereocenters. The van der Waals surface area contributed by atoms with Crippen molar-refractivity contribution in [3.63, 3.8) is 0 Å². The third-order valence-corrected chi connectivity index (χ3v) is 3.72. The number of rotatable bonds is 6. The quantitative estimate of drug-likeness (QED) is 0.687. The summed E-state index contributed by atoms with van der Waals surface area (Å²) >= 11 is 0. The molecule has 148 valence electrons. The molecule has 1 atom stereocenters. The molecule has 10 heteroatoms. The van der Waals surface area contributed by atoms with E-state index in [1.54, 1.807) is 13.1 Å². The van der Waals surface area contributed by atoms with E-state index >= 15 is 0 Å². The van der Waals surface area contributed by atoms with Crippen molar-refractivity contribution >= 4 is 23.2 Å². The van der Waals surface area contributed by atoms with Gasteiger partial charge in [-0.1, -0.05) is 6.07 Å². The fraction of sp³-hybridized carbons (Fsp3) is 0.222. The van der Waals surface area contributed by atoms with Gasteiger partial charge < -0.3 is 25.0 Å². The van der Waals surface area contributed by atoms with Gasteiger partial charge in [0.15, 0.2) is 24.6 Å². The van der Waals surface area contributed by atoms with E-state index in [2.05, 4.69) is 20.1 Å². The molecule has 3 N–H and O–H groups in total. The molecular weight excluding hydrogens is 379 g/mol. The molecule has 0 fully saturated rings. The van der Waals surface area contributed by atoms with Crippen molar-refractivity contribution in [2.45, 2.75) is 6.29 Å². The van der Waals surface area contributed by atoms with E-state index < -0.39 is 18.0 Å². The molecule has 1 heterocycles.